The molecule has 2 atom stereocenters. The molecule has 1 aromatic carbocycles. The molecular formula is C11H13NO3. The molecule has 1 aromatic rings. The van der Waals surface area contributed by atoms with E-state index in [2.05, 4.69) is 5.32 Å². The van der Waals surface area contributed by atoms with Crippen LogP contribution in [0.15, 0.2) is 24.3 Å². The molecule has 0 aliphatic heterocycles. The van der Waals surface area contributed by atoms with Crippen LogP contribution < -0.4 is 10.1 Å². The van der Waals surface area contributed by atoms with Gasteiger partial charge in [-0.1, -0.05) is 0 Å². The van der Waals surface area contributed by atoms with Gasteiger partial charge in [0.2, 0.25) is 0 Å². The molecular weight excluding hydrogens is 194 g/mol. The smallest absolute Gasteiger partial charge is 0.308 e. The van der Waals surface area contributed by atoms with Gasteiger partial charge in [0.25, 0.3) is 0 Å². The average Bonchev–Trinajstić information content (AvgIpc) is 2.98. The van der Waals surface area contributed by atoms with E-state index in [0.29, 0.717) is 6.42 Å². The van der Waals surface area contributed by atoms with Crippen LogP contribution in [0.5, 0.6) is 5.75 Å². The first kappa shape index (κ1) is 9.83. The van der Waals surface area contributed by atoms with Gasteiger partial charge >= 0.3 is 5.97 Å². The Kier molecular flexibility index (Phi) is 2.49. The lowest BCUT2D eigenvalue weighted by molar-refractivity contribution is -0.138. The second kappa shape index (κ2) is 3.81. The van der Waals surface area contributed by atoms with Crippen LogP contribution in [0.4, 0.5) is 5.69 Å². The fourth-order valence-electron chi connectivity index (χ4n) is 1.53. The lowest BCUT2D eigenvalue weighted by Crippen LogP contribution is -2.09. The molecule has 2 unspecified atom stereocenters. The molecule has 2 rings (SSSR count). The van der Waals surface area contributed by atoms with Crippen molar-refractivity contribution in [1.29, 1.82) is 0 Å². The molecule has 0 saturated heterocycles. The summed E-state index contributed by atoms with van der Waals surface area (Å²) in [5, 5.41) is 11.9. The Balaban J connectivity index is 1.92. The standard InChI is InChI=1S/C11H13NO3/c1-15-8-4-2-7(3-5-8)12-10-6-9(10)11(13)14/h2-5,9-10,12H,6H2,1H3,(H,13,14). The molecule has 0 bridgehead atoms. The maximum atomic E-state index is 10.6. The molecule has 0 heterocycles. The van der Waals surface area contributed by atoms with Gasteiger partial charge in [-0.05, 0) is 30.7 Å². The minimum atomic E-state index is -0.721. The van der Waals surface area contributed by atoms with Gasteiger partial charge in [-0.3, -0.25) is 4.79 Å². The van der Waals surface area contributed by atoms with Crippen LogP contribution in [0.25, 0.3) is 0 Å². The van der Waals surface area contributed by atoms with Crippen molar-refractivity contribution in [3.63, 3.8) is 0 Å². The number of hydrogen-bond donors (Lipinski definition) is 2. The molecule has 1 saturated carbocycles. The number of carboxylic acids is 1. The summed E-state index contributed by atoms with van der Waals surface area (Å²) < 4.78 is 5.03. The Hall–Kier alpha value is -1.71. The predicted molar refractivity (Wildman–Crippen MR) is 56.1 cm³/mol. The molecule has 4 nitrogen and oxygen atoms in total. The number of methoxy groups -OCH3 is 1. The molecule has 2 N–H and O–H groups in total. The van der Waals surface area contributed by atoms with Gasteiger partial charge in [-0.2, -0.15) is 0 Å². The summed E-state index contributed by atoms with van der Waals surface area (Å²) in [6, 6.07) is 7.54. The van der Waals surface area contributed by atoms with E-state index in [4.69, 9.17) is 9.84 Å². The zero-order chi connectivity index (χ0) is 10.8. The molecule has 4 heteroatoms. The van der Waals surface area contributed by atoms with Crippen LogP contribution >= 0.6 is 0 Å². The number of hydrogen-bond acceptors (Lipinski definition) is 3. The first-order chi connectivity index (χ1) is 7.20. The Morgan fingerprint density at radius 1 is 1.47 bits per heavy atom. The number of carboxylic acid groups (broad SMARTS) is 1. The van der Waals surface area contributed by atoms with Crippen LogP contribution in [-0.4, -0.2) is 24.2 Å². The molecule has 0 radical (unpaired) electrons. The van der Waals surface area contributed by atoms with Crippen LogP contribution in [0.2, 0.25) is 0 Å². The number of nitrogens with one attached hydrogen (secondary N) is 1. The monoisotopic (exact) mass is 207 g/mol. The third kappa shape index (κ3) is 2.21. The van der Waals surface area contributed by atoms with E-state index in [-0.39, 0.29) is 12.0 Å². The van der Waals surface area contributed by atoms with Crippen LogP contribution in [0.3, 0.4) is 0 Å². The fraction of sp³-hybridized carbons (Fsp3) is 0.364. The largest absolute Gasteiger partial charge is 0.497 e. The third-order valence-corrected chi connectivity index (χ3v) is 2.55. The number of aliphatic carboxylic acids is 1. The van der Waals surface area contributed by atoms with Crippen molar-refractivity contribution in [3.05, 3.63) is 24.3 Å². The van der Waals surface area contributed by atoms with E-state index in [1.54, 1.807) is 7.11 Å². The molecule has 0 aromatic heterocycles. The summed E-state index contributed by atoms with van der Waals surface area (Å²) >= 11 is 0. The summed E-state index contributed by atoms with van der Waals surface area (Å²) in [6.45, 7) is 0. The van der Waals surface area contributed by atoms with E-state index >= 15 is 0 Å². The maximum Gasteiger partial charge on any atom is 0.308 e. The maximum absolute atomic E-state index is 10.6. The van der Waals surface area contributed by atoms with Crippen molar-refractivity contribution >= 4 is 11.7 Å². The number of rotatable bonds is 4. The van der Waals surface area contributed by atoms with Crippen molar-refractivity contribution in [2.45, 2.75) is 12.5 Å². The second-order valence-corrected chi connectivity index (χ2v) is 3.66. The van der Waals surface area contributed by atoms with E-state index < -0.39 is 5.97 Å². The minimum absolute atomic E-state index is 0.0795. The van der Waals surface area contributed by atoms with Crippen LogP contribution in [0, 0.1) is 5.92 Å². The predicted octanol–water partition coefficient (Wildman–Crippen LogP) is 1.58. The van der Waals surface area contributed by atoms with E-state index in [1.807, 2.05) is 24.3 Å². The highest BCUT2D eigenvalue weighted by atomic mass is 16.5. The van der Waals surface area contributed by atoms with Crippen LogP contribution in [0.1, 0.15) is 6.42 Å². The Labute approximate surface area is 87.9 Å². The van der Waals surface area contributed by atoms with Gasteiger partial charge in [0.1, 0.15) is 5.75 Å². The van der Waals surface area contributed by atoms with E-state index in [1.165, 1.54) is 0 Å². The van der Waals surface area contributed by atoms with Crippen molar-refractivity contribution in [3.8, 4) is 5.75 Å². The minimum Gasteiger partial charge on any atom is -0.497 e. The molecule has 1 aliphatic rings. The van der Waals surface area contributed by atoms with E-state index in [0.717, 1.165) is 11.4 Å². The zero-order valence-electron chi connectivity index (χ0n) is 8.43. The highest BCUT2D eigenvalue weighted by molar-refractivity contribution is 5.75. The van der Waals surface area contributed by atoms with Crippen molar-refractivity contribution in [2.24, 2.45) is 5.92 Å². The second-order valence-electron chi connectivity index (χ2n) is 3.66. The number of benzene rings is 1. The number of ether oxygens (including phenoxy) is 1. The molecule has 0 amide bonds. The van der Waals surface area contributed by atoms with Crippen LogP contribution in [-0.2, 0) is 4.79 Å². The normalized spacial score (nSPS) is 23.3. The van der Waals surface area contributed by atoms with Gasteiger partial charge < -0.3 is 15.2 Å². The third-order valence-electron chi connectivity index (χ3n) is 2.55. The van der Waals surface area contributed by atoms with Crippen molar-refractivity contribution in [2.75, 3.05) is 12.4 Å². The highest BCUT2D eigenvalue weighted by Gasteiger charge is 2.43. The van der Waals surface area contributed by atoms with Crippen molar-refractivity contribution in [1.82, 2.24) is 0 Å². The Morgan fingerprint density at radius 3 is 2.60 bits per heavy atom. The fourth-order valence-corrected chi connectivity index (χ4v) is 1.53. The number of anilines is 1. The van der Waals surface area contributed by atoms with Gasteiger partial charge in [-0.25, -0.2) is 0 Å². The first-order valence-corrected chi connectivity index (χ1v) is 4.84. The molecule has 1 fully saturated rings. The lowest BCUT2D eigenvalue weighted by Gasteiger charge is -2.05. The summed E-state index contributed by atoms with van der Waals surface area (Å²) in [5.74, 6) is -0.153. The molecule has 15 heavy (non-hydrogen) atoms. The Bertz CT molecular complexity index is 361. The summed E-state index contributed by atoms with van der Waals surface area (Å²) in [6.07, 6.45) is 0.710. The molecule has 80 valence electrons. The van der Waals surface area contributed by atoms with Gasteiger partial charge in [-0.15, -0.1) is 0 Å². The van der Waals surface area contributed by atoms with Crippen molar-refractivity contribution < 1.29 is 14.6 Å². The average molecular weight is 207 g/mol. The van der Waals surface area contributed by atoms with Gasteiger partial charge in [0.15, 0.2) is 0 Å². The highest BCUT2D eigenvalue weighted by Crippen LogP contribution is 2.33. The quantitative estimate of drug-likeness (QED) is 0.787. The van der Waals surface area contributed by atoms with Gasteiger partial charge in [0.05, 0.1) is 13.0 Å². The molecule has 1 aliphatic carbocycles. The van der Waals surface area contributed by atoms with Gasteiger partial charge in [0, 0.05) is 11.7 Å². The zero-order valence-corrected chi connectivity index (χ0v) is 8.43. The first-order valence-electron chi connectivity index (χ1n) is 4.84. The summed E-state index contributed by atoms with van der Waals surface area (Å²) in [4.78, 5) is 10.6. The topological polar surface area (TPSA) is 58.6 Å². The summed E-state index contributed by atoms with van der Waals surface area (Å²) in [5.41, 5.74) is 0.935. The van der Waals surface area contributed by atoms with E-state index in [9.17, 15) is 4.79 Å². The SMILES string of the molecule is COc1ccc(NC2CC2C(=O)O)cc1. The summed E-state index contributed by atoms with van der Waals surface area (Å²) in [7, 11) is 1.61. The Morgan fingerprint density at radius 2 is 2.13 bits per heavy atom. The molecule has 0 spiro atoms. The lowest BCUT2D eigenvalue weighted by atomic mass is 10.3. The number of carbonyl (C=O) groups is 1.